The number of carboxylic acid groups (broad SMARTS) is 1. The summed E-state index contributed by atoms with van der Waals surface area (Å²) in [4.78, 5) is 51.0. The van der Waals surface area contributed by atoms with E-state index in [1.165, 1.54) is 12.7 Å². The van der Waals surface area contributed by atoms with Gasteiger partial charge in [0.2, 0.25) is 5.91 Å². The Labute approximate surface area is 257 Å². The third kappa shape index (κ3) is 4.71. The first kappa shape index (κ1) is 32.2. The predicted octanol–water partition coefficient (Wildman–Crippen LogP) is 5.73. The number of ether oxygens (including phenoxy) is 2. The molecule has 0 bridgehead atoms. The minimum absolute atomic E-state index is 0.0315. The summed E-state index contributed by atoms with van der Waals surface area (Å²) in [5.41, 5.74) is -0.335. The van der Waals surface area contributed by atoms with Crippen molar-refractivity contribution in [3.05, 3.63) is 11.6 Å². The van der Waals surface area contributed by atoms with Crippen LogP contribution >= 0.6 is 0 Å². The average Bonchev–Trinajstić information content (AvgIpc) is 2.92. The maximum atomic E-state index is 14.5. The lowest BCUT2D eigenvalue weighted by atomic mass is 9.33. The predicted molar refractivity (Wildman–Crippen MR) is 162 cm³/mol. The van der Waals surface area contributed by atoms with Crippen molar-refractivity contribution in [2.24, 2.45) is 50.2 Å². The molecule has 1 amide bonds. The second kappa shape index (κ2) is 10.4. The maximum absolute atomic E-state index is 14.5. The standard InChI is InChI=1S/C35H53NO7/c1-30(2)24-9-12-35(7)28(33(24,5)11-10-25(30)36-26(38)19-43-20-27(39)42-8)23(37)17-21-22-18-32(4,29(40)41)14-13-31(22,3)15-16-34(21,35)6/h17,22,24-25,28H,9-16,18-20H2,1-8H3,(H,36,38)(H,40,41)/t22?,24-,25-,28+,31+,32-,33-,34+,35+/m0/s1. The Hall–Kier alpha value is -2.22. The summed E-state index contributed by atoms with van der Waals surface area (Å²) in [7, 11) is 1.28. The number of carbonyl (C=O) groups is 4. The van der Waals surface area contributed by atoms with E-state index in [1.54, 1.807) is 0 Å². The van der Waals surface area contributed by atoms with Gasteiger partial charge >= 0.3 is 11.9 Å². The molecular weight excluding hydrogens is 546 g/mol. The van der Waals surface area contributed by atoms with E-state index in [0.29, 0.717) is 12.8 Å². The fourth-order valence-electron chi connectivity index (χ4n) is 11.2. The smallest absolute Gasteiger partial charge is 0.331 e. The highest BCUT2D eigenvalue weighted by Crippen LogP contribution is 2.75. The van der Waals surface area contributed by atoms with Crippen molar-refractivity contribution < 1.29 is 33.8 Å². The van der Waals surface area contributed by atoms with Crippen LogP contribution in [0.4, 0.5) is 0 Å². The van der Waals surface area contributed by atoms with E-state index >= 15 is 0 Å². The minimum atomic E-state index is -0.759. The van der Waals surface area contributed by atoms with Gasteiger partial charge in [-0.3, -0.25) is 14.4 Å². The Bertz CT molecular complexity index is 1240. The Balaban J connectivity index is 1.43. The molecule has 43 heavy (non-hydrogen) atoms. The molecule has 0 spiro atoms. The number of carbonyl (C=O) groups excluding carboxylic acids is 3. The van der Waals surface area contributed by atoms with Crippen LogP contribution in [0.2, 0.25) is 0 Å². The summed E-state index contributed by atoms with van der Waals surface area (Å²) in [6.07, 6.45) is 9.80. The largest absolute Gasteiger partial charge is 0.481 e. The lowest BCUT2D eigenvalue weighted by Gasteiger charge is -2.70. The highest BCUT2D eigenvalue weighted by Gasteiger charge is 2.70. The number of allylic oxidation sites excluding steroid dienone is 2. The van der Waals surface area contributed by atoms with Crippen LogP contribution in [0.5, 0.6) is 0 Å². The number of carboxylic acids is 1. The van der Waals surface area contributed by atoms with Gasteiger partial charge in [0, 0.05) is 12.0 Å². The van der Waals surface area contributed by atoms with Crippen LogP contribution in [0.1, 0.15) is 106 Å². The van der Waals surface area contributed by atoms with Crippen LogP contribution < -0.4 is 5.32 Å². The van der Waals surface area contributed by atoms with Crippen molar-refractivity contribution in [1.29, 1.82) is 0 Å². The zero-order valence-electron chi connectivity index (χ0n) is 27.6. The maximum Gasteiger partial charge on any atom is 0.331 e. The molecule has 8 nitrogen and oxygen atoms in total. The molecule has 4 saturated carbocycles. The van der Waals surface area contributed by atoms with Gasteiger partial charge in [0.15, 0.2) is 5.78 Å². The van der Waals surface area contributed by atoms with Gasteiger partial charge in [0.1, 0.15) is 13.2 Å². The van der Waals surface area contributed by atoms with Crippen molar-refractivity contribution in [1.82, 2.24) is 5.32 Å². The highest BCUT2D eigenvalue weighted by atomic mass is 16.6. The van der Waals surface area contributed by atoms with Crippen LogP contribution in [-0.2, 0) is 28.7 Å². The van der Waals surface area contributed by atoms with Gasteiger partial charge in [-0.05, 0) is 110 Å². The lowest BCUT2D eigenvalue weighted by molar-refractivity contribution is -0.190. The molecule has 8 heteroatoms. The number of aliphatic carboxylic acids is 1. The second-order valence-electron chi connectivity index (χ2n) is 16.6. The van der Waals surface area contributed by atoms with E-state index in [9.17, 15) is 24.3 Å². The summed E-state index contributed by atoms with van der Waals surface area (Å²) >= 11 is 0. The third-order valence-electron chi connectivity index (χ3n) is 14.1. The van der Waals surface area contributed by atoms with Gasteiger partial charge in [-0.25, -0.2) is 4.79 Å². The summed E-state index contributed by atoms with van der Waals surface area (Å²) < 4.78 is 9.83. The van der Waals surface area contributed by atoms with Gasteiger partial charge in [-0.15, -0.1) is 0 Å². The molecule has 0 aromatic rings. The average molecular weight is 600 g/mol. The van der Waals surface area contributed by atoms with Crippen molar-refractivity contribution in [2.45, 2.75) is 112 Å². The molecule has 0 aromatic carbocycles. The van der Waals surface area contributed by atoms with E-state index in [2.05, 4.69) is 51.6 Å². The number of hydrogen-bond donors (Lipinski definition) is 2. The molecule has 240 valence electrons. The van der Waals surface area contributed by atoms with Gasteiger partial charge < -0.3 is 19.9 Å². The van der Waals surface area contributed by atoms with E-state index in [0.717, 1.165) is 44.9 Å². The number of methoxy groups -OCH3 is 1. The van der Waals surface area contributed by atoms with Crippen LogP contribution in [0.25, 0.3) is 0 Å². The molecule has 5 rings (SSSR count). The number of nitrogens with one attached hydrogen (secondary N) is 1. The minimum Gasteiger partial charge on any atom is -0.481 e. The molecule has 4 fully saturated rings. The molecular formula is C35H53NO7. The molecule has 5 aliphatic carbocycles. The molecule has 0 aliphatic heterocycles. The van der Waals surface area contributed by atoms with Crippen molar-refractivity contribution in [2.75, 3.05) is 20.3 Å². The normalized spacial score (nSPS) is 44.9. The van der Waals surface area contributed by atoms with Crippen LogP contribution in [0.3, 0.4) is 0 Å². The number of hydrogen-bond acceptors (Lipinski definition) is 6. The SMILES string of the molecule is COC(=O)COCC(=O)N[C@H]1CC[C@]2(C)[C@H]3C(=O)C=C4C5C[C@@](C)(C(=O)O)CC[C@]5(C)CC[C@@]4(C)[C@]3(C)CC[C@H]2C1(C)C. The molecule has 0 aromatic heterocycles. The molecule has 5 aliphatic rings. The summed E-state index contributed by atoms with van der Waals surface area (Å²) in [6.45, 7) is 15.3. The first-order valence-corrected chi connectivity index (χ1v) is 16.3. The molecule has 0 saturated heterocycles. The van der Waals surface area contributed by atoms with E-state index in [-0.39, 0.29) is 75.8 Å². The Kier molecular flexibility index (Phi) is 7.80. The van der Waals surface area contributed by atoms with Gasteiger partial charge in [-0.1, -0.05) is 47.1 Å². The van der Waals surface area contributed by atoms with Crippen LogP contribution in [0, 0.1) is 50.2 Å². The third-order valence-corrected chi connectivity index (χ3v) is 14.1. The summed E-state index contributed by atoms with van der Waals surface area (Å²) in [6, 6.07) is -0.0594. The van der Waals surface area contributed by atoms with Crippen LogP contribution in [-0.4, -0.2) is 55.1 Å². The summed E-state index contributed by atoms with van der Waals surface area (Å²) in [5, 5.41) is 13.3. The number of fused-ring (bicyclic) bond motifs is 7. The molecule has 0 radical (unpaired) electrons. The first-order chi connectivity index (χ1) is 19.9. The number of amides is 1. The van der Waals surface area contributed by atoms with Gasteiger partial charge in [-0.2, -0.15) is 0 Å². The highest BCUT2D eigenvalue weighted by molar-refractivity contribution is 5.95. The molecule has 1 unspecified atom stereocenters. The zero-order chi connectivity index (χ0) is 31.8. The second-order valence-corrected chi connectivity index (χ2v) is 16.6. The topological polar surface area (TPSA) is 119 Å². The van der Waals surface area contributed by atoms with Crippen molar-refractivity contribution in [3.8, 4) is 0 Å². The molecule has 2 N–H and O–H groups in total. The van der Waals surface area contributed by atoms with E-state index in [1.807, 2.05) is 13.0 Å². The van der Waals surface area contributed by atoms with E-state index < -0.39 is 17.4 Å². The number of esters is 1. The number of rotatable bonds is 6. The van der Waals surface area contributed by atoms with Crippen molar-refractivity contribution >= 4 is 23.6 Å². The van der Waals surface area contributed by atoms with Gasteiger partial charge in [0.25, 0.3) is 0 Å². The summed E-state index contributed by atoms with van der Waals surface area (Å²) in [5.74, 6) is -1.02. The lowest BCUT2D eigenvalue weighted by Crippen LogP contribution is -2.67. The Morgan fingerprint density at radius 1 is 0.930 bits per heavy atom. The van der Waals surface area contributed by atoms with Gasteiger partial charge in [0.05, 0.1) is 12.5 Å². The first-order valence-electron chi connectivity index (χ1n) is 16.3. The van der Waals surface area contributed by atoms with E-state index in [4.69, 9.17) is 4.74 Å². The quantitative estimate of drug-likeness (QED) is 0.375. The Morgan fingerprint density at radius 2 is 1.60 bits per heavy atom. The Morgan fingerprint density at radius 3 is 2.26 bits per heavy atom. The monoisotopic (exact) mass is 599 g/mol. The zero-order valence-corrected chi connectivity index (χ0v) is 27.6. The molecule has 9 atom stereocenters. The fraction of sp³-hybridized carbons (Fsp3) is 0.829. The van der Waals surface area contributed by atoms with Crippen molar-refractivity contribution in [3.63, 3.8) is 0 Å². The van der Waals surface area contributed by atoms with Crippen LogP contribution in [0.15, 0.2) is 11.6 Å². The number of ketones is 1. The molecule has 0 heterocycles. The fourth-order valence-corrected chi connectivity index (χ4v) is 11.2.